The first-order valence-corrected chi connectivity index (χ1v) is 8.92. The molecule has 2 aromatic heterocycles. The van der Waals surface area contributed by atoms with Crippen molar-refractivity contribution in [1.82, 2.24) is 25.0 Å². The van der Waals surface area contributed by atoms with Crippen LogP contribution in [0.5, 0.6) is 0 Å². The predicted octanol–water partition coefficient (Wildman–Crippen LogP) is 0.923. The van der Waals surface area contributed by atoms with Gasteiger partial charge in [-0.3, -0.25) is 9.36 Å². The fraction of sp³-hybridized carbons (Fsp3) is 0.389. The molecule has 27 heavy (non-hydrogen) atoms. The average molecular weight is 364 g/mol. The van der Waals surface area contributed by atoms with Gasteiger partial charge in [-0.15, -0.1) is 10.2 Å². The molecular formula is C18H20N8O. The second-order valence-electron chi connectivity index (χ2n) is 6.81. The lowest BCUT2D eigenvalue weighted by Gasteiger charge is -2.34. The van der Waals surface area contributed by atoms with Crippen LogP contribution in [0.1, 0.15) is 36.9 Å². The van der Waals surface area contributed by atoms with Crippen molar-refractivity contribution >= 4 is 17.1 Å². The van der Waals surface area contributed by atoms with E-state index in [4.69, 9.17) is 5.73 Å². The molecule has 0 amide bonds. The van der Waals surface area contributed by atoms with Crippen LogP contribution in [0.2, 0.25) is 0 Å². The normalized spacial score (nSPS) is 18.4. The van der Waals surface area contributed by atoms with Crippen LogP contribution < -0.4 is 16.2 Å². The van der Waals surface area contributed by atoms with E-state index in [0.29, 0.717) is 18.1 Å². The van der Waals surface area contributed by atoms with Crippen LogP contribution in [0.25, 0.3) is 11.2 Å². The predicted molar refractivity (Wildman–Crippen MR) is 100 cm³/mol. The second kappa shape index (κ2) is 6.81. The van der Waals surface area contributed by atoms with Crippen LogP contribution in [-0.2, 0) is 0 Å². The van der Waals surface area contributed by atoms with Crippen molar-refractivity contribution in [1.29, 1.82) is 5.26 Å². The number of rotatable bonds is 3. The molecule has 1 unspecified atom stereocenters. The molecule has 138 valence electrons. The van der Waals surface area contributed by atoms with Crippen molar-refractivity contribution in [2.75, 3.05) is 18.0 Å². The van der Waals surface area contributed by atoms with E-state index in [1.54, 1.807) is 16.7 Å². The lowest BCUT2D eigenvalue weighted by molar-refractivity contribution is 0.483. The number of fused-ring (bicyclic) bond motifs is 1. The number of nitrogens with two attached hydrogens (primary N) is 1. The van der Waals surface area contributed by atoms with E-state index in [2.05, 4.69) is 26.5 Å². The summed E-state index contributed by atoms with van der Waals surface area (Å²) < 4.78 is 1.60. The summed E-state index contributed by atoms with van der Waals surface area (Å²) in [7, 11) is 0. The number of aromatic amines is 1. The van der Waals surface area contributed by atoms with Crippen LogP contribution in [0, 0.1) is 11.3 Å². The fourth-order valence-corrected chi connectivity index (χ4v) is 3.67. The van der Waals surface area contributed by atoms with E-state index in [-0.39, 0.29) is 22.8 Å². The molecule has 3 heterocycles. The minimum absolute atomic E-state index is 0.0267. The molecule has 0 saturated carbocycles. The third kappa shape index (κ3) is 2.94. The van der Waals surface area contributed by atoms with Crippen LogP contribution >= 0.6 is 0 Å². The highest BCUT2D eigenvalue weighted by molar-refractivity contribution is 5.69. The third-order valence-electron chi connectivity index (χ3n) is 5.03. The van der Waals surface area contributed by atoms with E-state index in [0.717, 1.165) is 24.9 Å². The van der Waals surface area contributed by atoms with Crippen molar-refractivity contribution in [3.05, 3.63) is 45.7 Å². The maximum absolute atomic E-state index is 13.2. The molecule has 1 aliphatic heterocycles. The minimum Gasteiger partial charge on any atom is -0.341 e. The summed E-state index contributed by atoms with van der Waals surface area (Å²) in [4.78, 5) is 19.8. The van der Waals surface area contributed by atoms with E-state index >= 15 is 0 Å². The quantitative estimate of drug-likeness (QED) is 0.707. The number of nitriles is 1. The highest BCUT2D eigenvalue weighted by Gasteiger charge is 2.27. The van der Waals surface area contributed by atoms with Gasteiger partial charge in [-0.25, -0.2) is 0 Å². The Balaban J connectivity index is 1.92. The van der Waals surface area contributed by atoms with Gasteiger partial charge in [0.15, 0.2) is 5.52 Å². The van der Waals surface area contributed by atoms with Crippen molar-refractivity contribution in [3.8, 4) is 6.07 Å². The fourth-order valence-electron chi connectivity index (χ4n) is 3.67. The topological polar surface area (TPSA) is 130 Å². The van der Waals surface area contributed by atoms with Gasteiger partial charge in [0.2, 0.25) is 11.6 Å². The van der Waals surface area contributed by atoms with Crippen LogP contribution in [-0.4, -0.2) is 44.1 Å². The standard InChI is InChI=1S/C18H20N8O/c1-11(14-7-3-2-5-12(14)9-19)26-17(27)15-16(23-24-22-15)21-18(26)25-8-4-6-13(20)10-25/h2-3,5,7,11,13H,4,6,8,10,20H2,1H3,(H,22,23,24)/t11?,13-/m1/s1. The molecule has 9 heteroatoms. The van der Waals surface area contributed by atoms with Crippen LogP contribution in [0.4, 0.5) is 5.95 Å². The number of aromatic nitrogens is 5. The Bertz CT molecular complexity index is 1080. The number of hydrogen-bond donors (Lipinski definition) is 2. The summed E-state index contributed by atoms with van der Waals surface area (Å²) in [6, 6.07) is 9.10. The molecule has 1 aliphatic rings. The van der Waals surface area contributed by atoms with Gasteiger partial charge in [-0.1, -0.05) is 18.2 Å². The van der Waals surface area contributed by atoms with Crippen LogP contribution in [0.15, 0.2) is 29.1 Å². The molecule has 3 aromatic rings. The average Bonchev–Trinajstić information content (AvgIpc) is 3.16. The highest BCUT2D eigenvalue weighted by atomic mass is 16.1. The van der Waals surface area contributed by atoms with Gasteiger partial charge in [0.25, 0.3) is 5.56 Å². The first kappa shape index (κ1) is 17.2. The first-order chi connectivity index (χ1) is 13.1. The number of nitrogens with zero attached hydrogens (tertiary/aromatic N) is 6. The van der Waals surface area contributed by atoms with Crippen molar-refractivity contribution in [2.45, 2.75) is 31.8 Å². The summed E-state index contributed by atoms with van der Waals surface area (Å²) in [6.07, 6.45) is 1.87. The smallest absolute Gasteiger partial charge is 0.285 e. The number of anilines is 1. The van der Waals surface area contributed by atoms with E-state index in [1.807, 2.05) is 24.0 Å². The Morgan fingerprint density at radius 3 is 2.96 bits per heavy atom. The molecule has 2 atom stereocenters. The van der Waals surface area contributed by atoms with Gasteiger partial charge in [-0.2, -0.15) is 15.5 Å². The van der Waals surface area contributed by atoms with Gasteiger partial charge >= 0.3 is 0 Å². The lowest BCUT2D eigenvalue weighted by Crippen LogP contribution is -2.46. The van der Waals surface area contributed by atoms with Gasteiger partial charge < -0.3 is 10.6 Å². The number of hydrogen-bond acceptors (Lipinski definition) is 7. The van der Waals surface area contributed by atoms with Crippen molar-refractivity contribution in [3.63, 3.8) is 0 Å². The molecule has 4 rings (SSSR count). The molecule has 0 aliphatic carbocycles. The van der Waals surface area contributed by atoms with Crippen LogP contribution in [0.3, 0.4) is 0 Å². The summed E-state index contributed by atoms with van der Waals surface area (Å²) >= 11 is 0. The number of piperidine rings is 1. The Kier molecular flexibility index (Phi) is 4.33. The van der Waals surface area contributed by atoms with Gasteiger partial charge in [-0.05, 0) is 31.4 Å². The molecule has 1 fully saturated rings. The molecule has 1 aromatic carbocycles. The first-order valence-electron chi connectivity index (χ1n) is 8.92. The van der Waals surface area contributed by atoms with E-state index in [9.17, 15) is 10.1 Å². The molecule has 0 radical (unpaired) electrons. The van der Waals surface area contributed by atoms with E-state index in [1.165, 1.54) is 0 Å². The summed E-state index contributed by atoms with van der Waals surface area (Å²) in [5.41, 5.74) is 7.60. The minimum atomic E-state index is -0.393. The zero-order chi connectivity index (χ0) is 19.0. The summed E-state index contributed by atoms with van der Waals surface area (Å²) in [5, 5.41) is 19.9. The Morgan fingerprint density at radius 1 is 1.37 bits per heavy atom. The van der Waals surface area contributed by atoms with Gasteiger partial charge in [0.05, 0.1) is 17.7 Å². The number of benzene rings is 1. The van der Waals surface area contributed by atoms with Gasteiger partial charge in [0, 0.05) is 19.1 Å². The number of H-pyrrole nitrogens is 1. The zero-order valence-electron chi connectivity index (χ0n) is 15.0. The molecular weight excluding hydrogens is 344 g/mol. The highest BCUT2D eigenvalue weighted by Crippen LogP contribution is 2.26. The zero-order valence-corrected chi connectivity index (χ0v) is 15.0. The Labute approximate surface area is 155 Å². The molecule has 9 nitrogen and oxygen atoms in total. The van der Waals surface area contributed by atoms with Crippen molar-refractivity contribution in [2.24, 2.45) is 5.73 Å². The van der Waals surface area contributed by atoms with Crippen molar-refractivity contribution < 1.29 is 0 Å². The Morgan fingerprint density at radius 2 is 2.19 bits per heavy atom. The second-order valence-corrected chi connectivity index (χ2v) is 6.81. The summed E-state index contributed by atoms with van der Waals surface area (Å²) in [6.45, 7) is 3.26. The lowest BCUT2D eigenvalue weighted by atomic mass is 10.0. The molecule has 3 N–H and O–H groups in total. The largest absolute Gasteiger partial charge is 0.341 e. The maximum atomic E-state index is 13.2. The van der Waals surface area contributed by atoms with E-state index < -0.39 is 6.04 Å². The Hall–Kier alpha value is -3.25. The SMILES string of the molecule is CC(c1ccccc1C#N)n1c(N2CCC[C@@H](N)C2)nc2n[nH]nc2c1=O. The number of nitrogens with one attached hydrogen (secondary N) is 1. The molecule has 0 bridgehead atoms. The monoisotopic (exact) mass is 364 g/mol. The maximum Gasteiger partial charge on any atom is 0.285 e. The molecule has 1 saturated heterocycles. The molecule has 0 spiro atoms. The third-order valence-corrected chi connectivity index (χ3v) is 5.03. The summed E-state index contributed by atoms with van der Waals surface area (Å²) in [5.74, 6) is 0.511. The van der Waals surface area contributed by atoms with Gasteiger partial charge in [0.1, 0.15) is 0 Å².